The van der Waals surface area contributed by atoms with Gasteiger partial charge in [-0.3, -0.25) is 4.79 Å². The number of hydrogen-bond acceptors (Lipinski definition) is 5. The topological polar surface area (TPSA) is 102 Å². The molecule has 0 fully saturated rings. The average molecular weight is 366 g/mol. The molecule has 0 bridgehead atoms. The number of methoxy groups -OCH3 is 1. The highest BCUT2D eigenvalue weighted by molar-refractivity contribution is 7.89. The maximum atomic E-state index is 12.3. The van der Waals surface area contributed by atoms with Gasteiger partial charge in [0.25, 0.3) is 5.91 Å². The first-order valence-corrected chi connectivity index (χ1v) is 8.28. The molecule has 1 unspecified atom stereocenters. The van der Waals surface area contributed by atoms with Crippen LogP contribution in [0.15, 0.2) is 23.1 Å². The second-order valence-corrected chi connectivity index (χ2v) is 7.30. The van der Waals surface area contributed by atoms with E-state index in [0.29, 0.717) is 13.0 Å². The Kier molecular flexibility index (Phi) is 8.54. The summed E-state index contributed by atoms with van der Waals surface area (Å²) in [6.07, 6.45) is 0.644. The second kappa shape index (κ2) is 9.07. The van der Waals surface area contributed by atoms with Crippen molar-refractivity contribution in [3.63, 3.8) is 0 Å². The highest BCUT2D eigenvalue weighted by Gasteiger charge is 2.23. The van der Waals surface area contributed by atoms with Gasteiger partial charge < -0.3 is 15.8 Å². The highest BCUT2D eigenvalue weighted by Crippen LogP contribution is 2.26. The number of hydrogen-bond donors (Lipinski definition) is 2. The Morgan fingerprint density at radius 1 is 1.39 bits per heavy atom. The first kappa shape index (κ1) is 21.6. The fraction of sp³-hybridized carbons (Fsp3) is 0.500. The van der Waals surface area contributed by atoms with Crippen LogP contribution in [0.5, 0.6) is 5.75 Å². The third-order valence-electron chi connectivity index (χ3n) is 3.07. The first-order chi connectivity index (χ1) is 10.2. The smallest absolute Gasteiger partial charge is 0.251 e. The van der Waals surface area contributed by atoms with Crippen molar-refractivity contribution >= 4 is 28.3 Å². The number of carbonyl (C=O) groups excluding carboxylic acids is 1. The molecular formula is C14H24ClN3O4S. The number of amides is 1. The van der Waals surface area contributed by atoms with E-state index in [1.165, 1.54) is 39.4 Å². The predicted octanol–water partition coefficient (Wildman–Crippen LogP) is 0.834. The van der Waals surface area contributed by atoms with E-state index in [2.05, 4.69) is 5.32 Å². The third-order valence-corrected chi connectivity index (χ3v) is 4.91. The van der Waals surface area contributed by atoms with Crippen molar-refractivity contribution in [1.29, 1.82) is 0 Å². The lowest BCUT2D eigenvalue weighted by molar-refractivity contribution is 0.0952. The summed E-state index contributed by atoms with van der Waals surface area (Å²) in [4.78, 5) is 12.0. The quantitative estimate of drug-likeness (QED) is 0.745. The number of ether oxygens (including phenoxy) is 1. The minimum absolute atomic E-state index is 0. The second-order valence-electron chi connectivity index (χ2n) is 5.17. The van der Waals surface area contributed by atoms with E-state index in [1.807, 2.05) is 6.92 Å². The Hall–Kier alpha value is -1.35. The summed E-state index contributed by atoms with van der Waals surface area (Å²) in [5, 5.41) is 2.71. The summed E-state index contributed by atoms with van der Waals surface area (Å²) in [5.74, 6) is -0.153. The molecule has 1 rings (SSSR count). The van der Waals surface area contributed by atoms with Crippen LogP contribution in [0, 0.1) is 0 Å². The molecule has 23 heavy (non-hydrogen) atoms. The summed E-state index contributed by atoms with van der Waals surface area (Å²) in [6, 6.07) is 4.29. The molecule has 0 saturated carbocycles. The van der Waals surface area contributed by atoms with Gasteiger partial charge in [-0.15, -0.1) is 12.4 Å². The maximum absolute atomic E-state index is 12.3. The number of rotatable bonds is 7. The van der Waals surface area contributed by atoms with Gasteiger partial charge in [-0.05, 0) is 31.5 Å². The van der Waals surface area contributed by atoms with E-state index in [4.69, 9.17) is 10.5 Å². The molecule has 0 aliphatic carbocycles. The zero-order valence-corrected chi connectivity index (χ0v) is 15.3. The van der Waals surface area contributed by atoms with Crippen LogP contribution < -0.4 is 15.8 Å². The van der Waals surface area contributed by atoms with Crippen LogP contribution in [-0.2, 0) is 10.0 Å². The van der Waals surface area contributed by atoms with Gasteiger partial charge in [-0.1, -0.05) is 0 Å². The van der Waals surface area contributed by atoms with E-state index >= 15 is 0 Å². The van der Waals surface area contributed by atoms with E-state index < -0.39 is 10.0 Å². The molecule has 0 saturated heterocycles. The molecule has 9 heteroatoms. The van der Waals surface area contributed by atoms with E-state index in [1.54, 1.807) is 0 Å². The van der Waals surface area contributed by atoms with Crippen molar-refractivity contribution in [2.75, 3.05) is 27.7 Å². The van der Waals surface area contributed by atoms with Crippen LogP contribution in [0.2, 0.25) is 0 Å². The summed E-state index contributed by atoms with van der Waals surface area (Å²) in [5.41, 5.74) is 5.87. The normalized spacial score (nSPS) is 12.4. The molecule has 1 amide bonds. The van der Waals surface area contributed by atoms with E-state index in [9.17, 15) is 13.2 Å². The monoisotopic (exact) mass is 365 g/mol. The van der Waals surface area contributed by atoms with Gasteiger partial charge in [0.15, 0.2) is 0 Å². The lowest BCUT2D eigenvalue weighted by Gasteiger charge is -2.15. The number of nitrogens with zero attached hydrogens (tertiary/aromatic N) is 1. The van der Waals surface area contributed by atoms with Gasteiger partial charge in [0.05, 0.1) is 7.11 Å². The molecular weight excluding hydrogens is 342 g/mol. The highest BCUT2D eigenvalue weighted by atomic mass is 35.5. The Bertz CT molecular complexity index is 633. The van der Waals surface area contributed by atoms with Crippen LogP contribution in [0.3, 0.4) is 0 Å². The van der Waals surface area contributed by atoms with Crippen molar-refractivity contribution in [3.8, 4) is 5.75 Å². The van der Waals surface area contributed by atoms with Gasteiger partial charge in [-0.2, -0.15) is 0 Å². The molecule has 0 spiro atoms. The van der Waals surface area contributed by atoms with Gasteiger partial charge in [0.1, 0.15) is 10.6 Å². The fourth-order valence-electron chi connectivity index (χ4n) is 1.73. The third kappa shape index (κ3) is 5.65. The molecule has 7 nitrogen and oxygen atoms in total. The Morgan fingerprint density at radius 3 is 2.48 bits per heavy atom. The average Bonchev–Trinajstić information content (AvgIpc) is 2.45. The number of nitrogens with one attached hydrogen (secondary N) is 1. The van der Waals surface area contributed by atoms with E-state index in [-0.39, 0.29) is 40.6 Å². The van der Waals surface area contributed by atoms with Crippen LogP contribution in [0.25, 0.3) is 0 Å². The summed E-state index contributed by atoms with van der Waals surface area (Å²) < 4.78 is 30.7. The van der Waals surface area contributed by atoms with Crippen molar-refractivity contribution in [1.82, 2.24) is 9.62 Å². The largest absolute Gasteiger partial charge is 0.495 e. The van der Waals surface area contributed by atoms with Gasteiger partial charge in [0.2, 0.25) is 10.0 Å². The van der Waals surface area contributed by atoms with Crippen molar-refractivity contribution in [2.24, 2.45) is 5.73 Å². The van der Waals surface area contributed by atoms with Gasteiger partial charge >= 0.3 is 0 Å². The Morgan fingerprint density at radius 2 is 2.00 bits per heavy atom. The molecule has 0 aliphatic heterocycles. The van der Waals surface area contributed by atoms with Crippen LogP contribution >= 0.6 is 12.4 Å². The molecule has 0 aliphatic rings. The summed E-state index contributed by atoms with van der Waals surface area (Å²) >= 11 is 0. The minimum atomic E-state index is -3.70. The van der Waals surface area contributed by atoms with Gasteiger partial charge in [-0.25, -0.2) is 12.7 Å². The number of nitrogens with two attached hydrogens (primary N) is 1. The maximum Gasteiger partial charge on any atom is 0.251 e. The zero-order chi connectivity index (χ0) is 16.9. The Labute approximate surface area is 143 Å². The van der Waals surface area contributed by atoms with Crippen molar-refractivity contribution < 1.29 is 17.9 Å². The molecule has 3 N–H and O–H groups in total. The van der Waals surface area contributed by atoms with Crippen LogP contribution in [0.4, 0.5) is 0 Å². The SMILES string of the molecule is COc1ccc(C(=O)NCCC(C)N)cc1S(=O)(=O)N(C)C.Cl. The van der Waals surface area contributed by atoms with E-state index in [0.717, 1.165) is 4.31 Å². The van der Waals surface area contributed by atoms with Crippen molar-refractivity contribution in [3.05, 3.63) is 23.8 Å². The molecule has 1 aromatic carbocycles. The number of benzene rings is 1. The molecule has 132 valence electrons. The summed E-state index contributed by atoms with van der Waals surface area (Å²) in [6.45, 7) is 2.28. The van der Waals surface area contributed by atoms with Crippen LogP contribution in [0.1, 0.15) is 23.7 Å². The summed E-state index contributed by atoms with van der Waals surface area (Å²) in [7, 11) is 0.522. The predicted molar refractivity (Wildman–Crippen MR) is 91.7 cm³/mol. The van der Waals surface area contributed by atoms with Gasteiger partial charge in [0, 0.05) is 32.2 Å². The zero-order valence-electron chi connectivity index (χ0n) is 13.7. The fourth-order valence-corrected chi connectivity index (χ4v) is 2.81. The number of halogens is 1. The number of sulfonamides is 1. The lowest BCUT2D eigenvalue weighted by Crippen LogP contribution is -2.29. The van der Waals surface area contributed by atoms with Crippen LogP contribution in [-0.4, -0.2) is 52.4 Å². The number of carbonyl (C=O) groups is 1. The Balaban J connectivity index is 0.00000484. The molecule has 0 heterocycles. The molecule has 0 radical (unpaired) electrons. The minimum Gasteiger partial charge on any atom is -0.495 e. The lowest BCUT2D eigenvalue weighted by atomic mass is 10.2. The molecule has 0 aromatic heterocycles. The molecule has 1 aromatic rings. The first-order valence-electron chi connectivity index (χ1n) is 6.84. The standard InChI is InChI=1S/C14H23N3O4S.ClH/c1-10(15)7-8-16-14(18)11-5-6-12(21-4)13(9-11)22(19,20)17(2)3;/h5-6,9-10H,7-8,15H2,1-4H3,(H,16,18);1H. The molecule has 1 atom stereocenters. The van der Waals surface area contributed by atoms with Crippen molar-refractivity contribution in [2.45, 2.75) is 24.3 Å².